The molecule has 6 heteroatoms. The Morgan fingerprint density at radius 3 is 1.27 bits per heavy atom. The van der Waals surface area contributed by atoms with Gasteiger partial charge in [-0.05, 0) is 37.5 Å². The third-order valence-corrected chi connectivity index (χ3v) is 5.79. The zero-order valence-corrected chi connectivity index (χ0v) is 16.9. The summed E-state index contributed by atoms with van der Waals surface area (Å²) in [7, 11) is 0. The van der Waals surface area contributed by atoms with Gasteiger partial charge in [0.15, 0.2) is 0 Å². The fourth-order valence-electron chi connectivity index (χ4n) is 3.94. The summed E-state index contributed by atoms with van der Waals surface area (Å²) in [5.74, 6) is 1.04. The van der Waals surface area contributed by atoms with E-state index < -0.39 is 0 Å². The number of nitrogens with zero attached hydrogens (tertiary/aromatic N) is 2. The second kappa shape index (κ2) is 10.0. The molecule has 0 radical (unpaired) electrons. The molecular formula is C20H36N2O4. The molecule has 2 heterocycles. The fourth-order valence-corrected chi connectivity index (χ4v) is 3.94. The van der Waals surface area contributed by atoms with Gasteiger partial charge in [-0.3, -0.25) is 0 Å². The smallest absolute Gasteiger partial charge is 0.409 e. The number of ether oxygens (including phenoxy) is 2. The van der Waals surface area contributed by atoms with Crippen molar-refractivity contribution >= 4 is 12.2 Å². The number of carbonyl (C=O) groups excluding carboxylic acids is 2. The van der Waals surface area contributed by atoms with Crippen molar-refractivity contribution in [3.05, 3.63) is 0 Å². The average molecular weight is 369 g/mol. The van der Waals surface area contributed by atoms with Gasteiger partial charge in [0, 0.05) is 38.0 Å². The molecule has 2 atom stereocenters. The molecule has 0 spiro atoms. The van der Waals surface area contributed by atoms with Crippen molar-refractivity contribution in [1.29, 1.82) is 0 Å². The molecule has 0 aliphatic carbocycles. The highest BCUT2D eigenvalue weighted by Gasteiger charge is 2.31. The summed E-state index contributed by atoms with van der Waals surface area (Å²) < 4.78 is 11.2. The molecule has 0 aromatic rings. The molecule has 2 unspecified atom stereocenters. The van der Waals surface area contributed by atoms with Crippen LogP contribution in [0.4, 0.5) is 9.59 Å². The van der Waals surface area contributed by atoms with Crippen LogP contribution in [0.1, 0.15) is 53.4 Å². The van der Waals surface area contributed by atoms with Crippen LogP contribution < -0.4 is 0 Å². The van der Waals surface area contributed by atoms with E-state index in [1.165, 1.54) is 0 Å². The zero-order valence-electron chi connectivity index (χ0n) is 16.9. The van der Waals surface area contributed by atoms with E-state index in [2.05, 4.69) is 27.7 Å². The Morgan fingerprint density at radius 1 is 0.692 bits per heavy atom. The topological polar surface area (TPSA) is 59.1 Å². The van der Waals surface area contributed by atoms with Crippen molar-refractivity contribution in [2.45, 2.75) is 53.4 Å². The molecule has 2 aliphatic heterocycles. The number of hydrogen-bond donors (Lipinski definition) is 0. The van der Waals surface area contributed by atoms with Gasteiger partial charge in [-0.1, -0.05) is 27.7 Å². The lowest BCUT2D eigenvalue weighted by Crippen LogP contribution is -2.37. The van der Waals surface area contributed by atoms with Crippen LogP contribution in [-0.2, 0) is 9.47 Å². The lowest BCUT2D eigenvalue weighted by Gasteiger charge is -2.33. The molecule has 2 amide bonds. The van der Waals surface area contributed by atoms with Gasteiger partial charge in [0.2, 0.25) is 0 Å². The Balaban J connectivity index is 1.89. The van der Waals surface area contributed by atoms with Gasteiger partial charge < -0.3 is 19.3 Å². The molecule has 26 heavy (non-hydrogen) atoms. The number of amides is 2. The van der Waals surface area contributed by atoms with Crippen molar-refractivity contribution in [3.8, 4) is 0 Å². The number of rotatable bonds is 7. The van der Waals surface area contributed by atoms with Crippen molar-refractivity contribution in [1.82, 2.24) is 9.80 Å². The summed E-state index contributed by atoms with van der Waals surface area (Å²) in [5, 5.41) is 0. The second-order valence-electron chi connectivity index (χ2n) is 8.36. The summed E-state index contributed by atoms with van der Waals surface area (Å²) in [5.41, 5.74) is 0. The summed E-state index contributed by atoms with van der Waals surface area (Å²) in [6, 6.07) is 0. The van der Waals surface area contributed by atoms with Gasteiger partial charge in [-0.15, -0.1) is 0 Å². The fraction of sp³-hybridized carbons (Fsp3) is 0.900. The maximum Gasteiger partial charge on any atom is 0.409 e. The Bertz CT molecular complexity index is 413. The largest absolute Gasteiger partial charge is 0.449 e. The summed E-state index contributed by atoms with van der Waals surface area (Å²) in [6.07, 6.45) is 3.83. The normalized spacial score (nSPS) is 19.9. The van der Waals surface area contributed by atoms with Gasteiger partial charge in [-0.25, -0.2) is 9.59 Å². The third kappa shape index (κ3) is 5.78. The van der Waals surface area contributed by atoms with E-state index >= 15 is 0 Å². The first-order chi connectivity index (χ1) is 12.4. The first kappa shape index (κ1) is 20.8. The van der Waals surface area contributed by atoms with Crippen LogP contribution in [0.15, 0.2) is 0 Å². The van der Waals surface area contributed by atoms with Crippen molar-refractivity contribution < 1.29 is 19.1 Å². The predicted molar refractivity (Wildman–Crippen MR) is 101 cm³/mol. The summed E-state index contributed by atoms with van der Waals surface area (Å²) in [4.78, 5) is 28.0. The van der Waals surface area contributed by atoms with E-state index in [0.717, 1.165) is 51.9 Å². The Morgan fingerprint density at radius 2 is 1.00 bits per heavy atom. The highest BCUT2D eigenvalue weighted by atomic mass is 16.6. The standard InChI is InChI=1S/C20H36N2O4/c1-15(2)17(13-25-19(23)21-9-5-6-10-21)18(16(3)4)14-26-20(24)22-11-7-8-12-22/h15-18H,5-14H2,1-4H3. The maximum absolute atomic E-state index is 12.2. The molecule has 2 aliphatic rings. The minimum absolute atomic E-state index is 0.174. The molecule has 0 bridgehead atoms. The zero-order chi connectivity index (χ0) is 19.1. The quantitative estimate of drug-likeness (QED) is 0.681. The Labute approximate surface area is 158 Å². The number of likely N-dealkylation sites (tertiary alicyclic amines) is 2. The molecule has 0 N–H and O–H groups in total. The van der Waals surface area contributed by atoms with E-state index in [-0.39, 0.29) is 24.0 Å². The van der Waals surface area contributed by atoms with Gasteiger partial charge in [0.1, 0.15) is 0 Å². The molecule has 2 fully saturated rings. The SMILES string of the molecule is CC(C)C(COC(=O)N1CCCC1)C(COC(=O)N1CCCC1)C(C)C. The van der Waals surface area contributed by atoms with E-state index in [4.69, 9.17) is 9.47 Å². The van der Waals surface area contributed by atoms with Crippen molar-refractivity contribution in [2.75, 3.05) is 39.4 Å². The molecule has 0 aromatic carbocycles. The van der Waals surface area contributed by atoms with E-state index in [1.807, 2.05) is 0 Å². The van der Waals surface area contributed by atoms with Crippen LogP contribution in [0.5, 0.6) is 0 Å². The summed E-state index contributed by atoms with van der Waals surface area (Å²) in [6.45, 7) is 12.5. The van der Waals surface area contributed by atoms with Crippen LogP contribution in [-0.4, -0.2) is 61.4 Å². The highest BCUT2D eigenvalue weighted by Crippen LogP contribution is 2.29. The number of carbonyl (C=O) groups is 2. The lowest BCUT2D eigenvalue weighted by molar-refractivity contribution is 0.0221. The van der Waals surface area contributed by atoms with Crippen LogP contribution in [0.2, 0.25) is 0 Å². The third-order valence-electron chi connectivity index (χ3n) is 5.79. The van der Waals surface area contributed by atoms with Gasteiger partial charge in [-0.2, -0.15) is 0 Å². The molecule has 6 nitrogen and oxygen atoms in total. The second-order valence-corrected chi connectivity index (χ2v) is 8.36. The monoisotopic (exact) mass is 368 g/mol. The lowest BCUT2D eigenvalue weighted by atomic mass is 9.78. The van der Waals surface area contributed by atoms with Crippen LogP contribution in [0.25, 0.3) is 0 Å². The molecule has 2 rings (SSSR count). The van der Waals surface area contributed by atoms with Crippen LogP contribution in [0.3, 0.4) is 0 Å². The first-order valence-electron chi connectivity index (χ1n) is 10.2. The van der Waals surface area contributed by atoms with Gasteiger partial charge >= 0.3 is 12.2 Å². The van der Waals surface area contributed by atoms with Crippen LogP contribution in [0, 0.1) is 23.7 Å². The van der Waals surface area contributed by atoms with Crippen molar-refractivity contribution in [2.24, 2.45) is 23.7 Å². The first-order valence-corrected chi connectivity index (χ1v) is 10.2. The predicted octanol–water partition coefficient (Wildman–Crippen LogP) is 4.00. The van der Waals surface area contributed by atoms with E-state index in [9.17, 15) is 9.59 Å². The molecule has 0 aromatic heterocycles. The van der Waals surface area contributed by atoms with Crippen molar-refractivity contribution in [3.63, 3.8) is 0 Å². The highest BCUT2D eigenvalue weighted by molar-refractivity contribution is 5.68. The molecular weight excluding hydrogens is 332 g/mol. The number of hydrogen-bond acceptors (Lipinski definition) is 4. The van der Waals surface area contributed by atoms with Gasteiger partial charge in [0.25, 0.3) is 0 Å². The molecule has 2 saturated heterocycles. The van der Waals surface area contributed by atoms with E-state index in [0.29, 0.717) is 25.0 Å². The minimum Gasteiger partial charge on any atom is -0.449 e. The minimum atomic E-state index is -0.204. The molecule has 0 saturated carbocycles. The average Bonchev–Trinajstić information content (AvgIpc) is 3.30. The Hall–Kier alpha value is -1.46. The van der Waals surface area contributed by atoms with E-state index in [1.54, 1.807) is 9.80 Å². The molecule has 150 valence electrons. The van der Waals surface area contributed by atoms with Crippen LogP contribution >= 0.6 is 0 Å². The van der Waals surface area contributed by atoms with Gasteiger partial charge in [0.05, 0.1) is 13.2 Å². The summed E-state index contributed by atoms with van der Waals surface area (Å²) >= 11 is 0. The Kier molecular flexibility index (Phi) is 8.04. The maximum atomic E-state index is 12.2.